The maximum absolute atomic E-state index is 13.5. The number of carbonyl (C=O) groups excluding carboxylic acids is 1. The van der Waals surface area contributed by atoms with Gasteiger partial charge in [0.15, 0.2) is 6.61 Å². The second-order valence-electron chi connectivity index (χ2n) is 4.87. The third-order valence-electron chi connectivity index (χ3n) is 3.04. The van der Waals surface area contributed by atoms with Crippen molar-refractivity contribution in [3.63, 3.8) is 0 Å². The van der Waals surface area contributed by atoms with Crippen LogP contribution in [0.25, 0.3) is 0 Å². The first-order valence-electron chi connectivity index (χ1n) is 7.19. The van der Waals surface area contributed by atoms with Gasteiger partial charge in [-0.05, 0) is 29.5 Å². The van der Waals surface area contributed by atoms with E-state index in [0.29, 0.717) is 11.6 Å². The number of nitrogens with one attached hydrogen (secondary N) is 1. The minimum atomic E-state index is -0.505. The van der Waals surface area contributed by atoms with Crippen LogP contribution in [0.2, 0.25) is 0 Å². The van der Waals surface area contributed by atoms with Crippen molar-refractivity contribution in [2.75, 3.05) is 5.32 Å². The van der Waals surface area contributed by atoms with Crippen molar-refractivity contribution in [3.8, 4) is 5.75 Å². The fourth-order valence-corrected chi connectivity index (χ4v) is 1.95. The Kier molecular flexibility index (Phi) is 4.76. The van der Waals surface area contributed by atoms with Crippen molar-refractivity contribution in [2.24, 2.45) is 0 Å². The lowest BCUT2D eigenvalue weighted by Crippen LogP contribution is -2.21. The van der Waals surface area contributed by atoms with Crippen molar-refractivity contribution in [2.45, 2.75) is 13.2 Å². The molecule has 0 spiro atoms. The van der Waals surface area contributed by atoms with E-state index in [1.807, 2.05) is 30.3 Å². The highest BCUT2D eigenvalue weighted by Gasteiger charge is 2.10. The summed E-state index contributed by atoms with van der Waals surface area (Å²) in [4.78, 5) is 13.0. The van der Waals surface area contributed by atoms with Crippen molar-refractivity contribution in [1.82, 2.24) is 20.2 Å². The first kappa shape index (κ1) is 15.6. The molecule has 122 valence electrons. The highest BCUT2D eigenvalue weighted by molar-refractivity contribution is 5.90. The lowest BCUT2D eigenvalue weighted by atomic mass is 10.3. The van der Waals surface area contributed by atoms with Gasteiger partial charge in [-0.1, -0.05) is 30.3 Å². The molecule has 0 unspecified atom stereocenters. The molecule has 0 fully saturated rings. The number of amides is 1. The molecule has 2 aromatic carbocycles. The molecule has 1 N–H and O–H groups in total. The number of benzene rings is 2. The third-order valence-corrected chi connectivity index (χ3v) is 3.04. The standard InChI is InChI=1S/C16H14FN5O2/c17-13-8-4-5-9-14(13)18-16(23)10-22-20-15(19-21-22)11-24-12-6-2-1-3-7-12/h1-9H,10-11H2,(H,18,23). The highest BCUT2D eigenvalue weighted by atomic mass is 19.1. The van der Waals surface area contributed by atoms with Gasteiger partial charge in [-0.2, -0.15) is 4.80 Å². The van der Waals surface area contributed by atoms with E-state index >= 15 is 0 Å². The predicted octanol–water partition coefficient (Wildman–Crippen LogP) is 2.03. The van der Waals surface area contributed by atoms with Gasteiger partial charge >= 0.3 is 0 Å². The zero-order chi connectivity index (χ0) is 16.8. The summed E-state index contributed by atoms with van der Waals surface area (Å²) in [6.07, 6.45) is 0. The van der Waals surface area contributed by atoms with Crippen LogP contribution in [0.3, 0.4) is 0 Å². The second-order valence-corrected chi connectivity index (χ2v) is 4.87. The molecular formula is C16H14FN5O2. The van der Waals surface area contributed by atoms with E-state index in [1.165, 1.54) is 12.1 Å². The zero-order valence-corrected chi connectivity index (χ0v) is 12.6. The Hall–Kier alpha value is -3.29. The molecule has 1 aromatic heterocycles. The summed E-state index contributed by atoms with van der Waals surface area (Å²) in [5.74, 6) is 0.0751. The Bertz CT molecular complexity index is 822. The van der Waals surface area contributed by atoms with E-state index in [0.717, 1.165) is 4.80 Å². The number of carbonyl (C=O) groups is 1. The quantitative estimate of drug-likeness (QED) is 0.749. The molecule has 8 heteroatoms. The second kappa shape index (κ2) is 7.32. The summed E-state index contributed by atoms with van der Waals surface area (Å²) in [7, 11) is 0. The molecule has 24 heavy (non-hydrogen) atoms. The molecule has 0 aliphatic heterocycles. The molecule has 0 radical (unpaired) electrons. The van der Waals surface area contributed by atoms with Crippen molar-refractivity contribution in [3.05, 3.63) is 66.2 Å². The Morgan fingerprint density at radius 3 is 2.67 bits per heavy atom. The number of aromatic nitrogens is 4. The molecule has 0 aliphatic carbocycles. The van der Waals surface area contributed by atoms with Crippen molar-refractivity contribution >= 4 is 11.6 Å². The number of hydrogen-bond acceptors (Lipinski definition) is 5. The van der Waals surface area contributed by atoms with Gasteiger partial charge in [0.1, 0.15) is 18.1 Å². The molecule has 1 amide bonds. The van der Waals surface area contributed by atoms with E-state index < -0.39 is 11.7 Å². The van der Waals surface area contributed by atoms with Gasteiger partial charge in [0.25, 0.3) is 0 Å². The summed E-state index contributed by atoms with van der Waals surface area (Å²) in [5.41, 5.74) is 0.107. The fraction of sp³-hybridized carbons (Fsp3) is 0.125. The molecule has 3 aromatic rings. The van der Waals surface area contributed by atoms with Crippen LogP contribution in [0.1, 0.15) is 5.82 Å². The maximum Gasteiger partial charge on any atom is 0.248 e. The van der Waals surface area contributed by atoms with Crippen LogP contribution in [0.5, 0.6) is 5.75 Å². The summed E-state index contributed by atoms with van der Waals surface area (Å²) < 4.78 is 19.0. The molecule has 0 saturated carbocycles. The normalized spacial score (nSPS) is 10.4. The minimum absolute atomic E-state index is 0.107. The number of ether oxygens (including phenoxy) is 1. The molecule has 0 bridgehead atoms. The van der Waals surface area contributed by atoms with Crippen molar-refractivity contribution < 1.29 is 13.9 Å². The van der Waals surface area contributed by atoms with Crippen LogP contribution in [-0.4, -0.2) is 26.1 Å². The number of halogens is 1. The molecule has 0 aliphatic rings. The Balaban J connectivity index is 1.54. The Morgan fingerprint density at radius 1 is 1.12 bits per heavy atom. The number of rotatable bonds is 6. The molecule has 0 atom stereocenters. The van der Waals surface area contributed by atoms with Crippen LogP contribution in [-0.2, 0) is 17.9 Å². The summed E-state index contributed by atoms with van der Waals surface area (Å²) in [5, 5.41) is 14.1. The number of hydrogen-bond donors (Lipinski definition) is 1. The molecule has 0 saturated heterocycles. The Labute approximate surface area is 137 Å². The summed E-state index contributed by atoms with van der Waals surface area (Å²) in [6, 6.07) is 15.1. The molecular weight excluding hydrogens is 313 g/mol. The van der Waals surface area contributed by atoms with Crippen molar-refractivity contribution in [1.29, 1.82) is 0 Å². The van der Waals surface area contributed by atoms with Crippen LogP contribution >= 0.6 is 0 Å². The van der Waals surface area contributed by atoms with E-state index in [2.05, 4.69) is 20.7 Å². The van der Waals surface area contributed by atoms with E-state index in [4.69, 9.17) is 4.74 Å². The lowest BCUT2D eigenvalue weighted by Gasteiger charge is -2.05. The van der Waals surface area contributed by atoms with Gasteiger partial charge in [0, 0.05) is 0 Å². The maximum atomic E-state index is 13.5. The Morgan fingerprint density at radius 2 is 1.88 bits per heavy atom. The van der Waals surface area contributed by atoms with Crippen LogP contribution in [0.4, 0.5) is 10.1 Å². The number of para-hydroxylation sites is 2. The highest BCUT2D eigenvalue weighted by Crippen LogP contribution is 2.12. The molecule has 3 rings (SSSR count). The van der Waals surface area contributed by atoms with Gasteiger partial charge in [-0.25, -0.2) is 4.39 Å². The predicted molar refractivity (Wildman–Crippen MR) is 83.6 cm³/mol. The number of nitrogens with zero attached hydrogens (tertiary/aromatic N) is 4. The average molecular weight is 327 g/mol. The third kappa shape index (κ3) is 4.13. The van der Waals surface area contributed by atoms with Gasteiger partial charge in [-0.15, -0.1) is 10.2 Å². The van der Waals surface area contributed by atoms with E-state index in [-0.39, 0.29) is 18.8 Å². The number of anilines is 1. The van der Waals surface area contributed by atoms with Gasteiger partial charge < -0.3 is 10.1 Å². The first-order chi connectivity index (χ1) is 11.7. The van der Waals surface area contributed by atoms with E-state index in [1.54, 1.807) is 12.1 Å². The van der Waals surface area contributed by atoms with Gasteiger partial charge in [-0.3, -0.25) is 4.79 Å². The number of tetrazole rings is 1. The monoisotopic (exact) mass is 327 g/mol. The zero-order valence-electron chi connectivity index (χ0n) is 12.6. The van der Waals surface area contributed by atoms with Gasteiger partial charge in [0.05, 0.1) is 5.69 Å². The molecule has 1 heterocycles. The summed E-state index contributed by atoms with van der Waals surface area (Å²) >= 11 is 0. The first-order valence-corrected chi connectivity index (χ1v) is 7.19. The minimum Gasteiger partial charge on any atom is -0.485 e. The summed E-state index contributed by atoms with van der Waals surface area (Å²) in [6.45, 7) is -0.0361. The SMILES string of the molecule is O=C(Cn1nnc(COc2ccccc2)n1)Nc1ccccc1F. The fourth-order valence-electron chi connectivity index (χ4n) is 1.95. The lowest BCUT2D eigenvalue weighted by molar-refractivity contribution is -0.117. The smallest absolute Gasteiger partial charge is 0.248 e. The van der Waals surface area contributed by atoms with E-state index in [9.17, 15) is 9.18 Å². The topological polar surface area (TPSA) is 81.9 Å². The van der Waals surface area contributed by atoms with Crippen LogP contribution < -0.4 is 10.1 Å². The molecule has 7 nitrogen and oxygen atoms in total. The van der Waals surface area contributed by atoms with Crippen LogP contribution in [0, 0.1) is 5.82 Å². The van der Waals surface area contributed by atoms with Gasteiger partial charge in [0.2, 0.25) is 11.7 Å². The largest absolute Gasteiger partial charge is 0.485 e. The average Bonchev–Trinajstić information content (AvgIpc) is 3.03. The van der Waals surface area contributed by atoms with Crippen LogP contribution in [0.15, 0.2) is 54.6 Å².